The molecule has 2 nitrogen and oxygen atoms in total. The highest BCUT2D eigenvalue weighted by atomic mass is 16.3. The molecule has 2 aromatic heterocycles. The number of nitrogens with zero attached hydrogens (tertiary/aromatic N) is 1. The maximum absolute atomic E-state index is 8.66. The fourth-order valence-electron chi connectivity index (χ4n) is 4.13. The first-order valence-corrected chi connectivity index (χ1v) is 9.99. The molecule has 0 saturated carbocycles. The number of aryl methyl sites for hydroxylation is 1. The molecular weight excluding hydrogens is 354 g/mol. The molecule has 29 heavy (non-hydrogen) atoms. The summed E-state index contributed by atoms with van der Waals surface area (Å²) in [5, 5.41) is 4.43. The molecule has 0 unspecified atom stereocenters. The van der Waals surface area contributed by atoms with Crippen LogP contribution in [0.2, 0.25) is 0 Å². The number of rotatable bonds is 2. The van der Waals surface area contributed by atoms with E-state index in [1.54, 1.807) is 12.3 Å². The summed E-state index contributed by atoms with van der Waals surface area (Å²) in [7, 11) is 0. The number of furan rings is 1. The molecule has 0 amide bonds. The van der Waals surface area contributed by atoms with Crippen LogP contribution in [0.1, 0.15) is 34.6 Å². The van der Waals surface area contributed by atoms with E-state index in [0.29, 0.717) is 5.56 Å². The van der Waals surface area contributed by atoms with Crippen LogP contribution in [0.4, 0.5) is 0 Å². The molecule has 0 atom stereocenters. The fourth-order valence-corrected chi connectivity index (χ4v) is 4.13. The Morgan fingerprint density at radius 3 is 2.55 bits per heavy atom. The normalized spacial score (nSPS) is 13.8. The predicted molar refractivity (Wildman–Crippen MR) is 122 cm³/mol. The topological polar surface area (TPSA) is 26.0 Å². The number of benzene rings is 3. The third-order valence-corrected chi connectivity index (χ3v) is 5.24. The first-order chi connectivity index (χ1) is 14.7. The lowest BCUT2D eigenvalue weighted by Crippen LogP contribution is -2.09. The summed E-state index contributed by atoms with van der Waals surface area (Å²) < 4.78 is 23.8. The van der Waals surface area contributed by atoms with E-state index < -0.39 is 11.8 Å². The van der Waals surface area contributed by atoms with Gasteiger partial charge in [0.25, 0.3) is 0 Å². The van der Waals surface area contributed by atoms with Crippen molar-refractivity contribution in [2.45, 2.75) is 34.1 Å². The van der Waals surface area contributed by atoms with E-state index in [9.17, 15) is 0 Å². The molecule has 3 aromatic carbocycles. The second-order valence-electron chi connectivity index (χ2n) is 8.71. The average molecular weight is 382 g/mol. The van der Waals surface area contributed by atoms with Crippen LogP contribution in [0, 0.1) is 12.3 Å². The minimum Gasteiger partial charge on any atom is -0.455 e. The number of hydrogen-bond donors (Lipinski definition) is 0. The van der Waals surface area contributed by atoms with Crippen molar-refractivity contribution in [1.29, 1.82) is 0 Å². The van der Waals surface area contributed by atoms with Crippen molar-refractivity contribution < 1.29 is 7.16 Å². The molecule has 5 rings (SSSR count). The van der Waals surface area contributed by atoms with Gasteiger partial charge in [0.2, 0.25) is 0 Å². The van der Waals surface area contributed by atoms with Gasteiger partial charge in [0.05, 0.1) is 5.69 Å². The van der Waals surface area contributed by atoms with E-state index in [4.69, 9.17) is 7.16 Å². The Morgan fingerprint density at radius 1 is 0.931 bits per heavy atom. The molecule has 144 valence electrons. The van der Waals surface area contributed by atoms with E-state index in [1.807, 2.05) is 51.1 Å². The second-order valence-corrected chi connectivity index (χ2v) is 8.71. The molecule has 0 radical (unpaired) electrons. The van der Waals surface area contributed by atoms with Gasteiger partial charge in [0.15, 0.2) is 0 Å². The summed E-state index contributed by atoms with van der Waals surface area (Å²) in [6, 6.07) is 20.2. The van der Waals surface area contributed by atoms with Crippen LogP contribution in [0.5, 0.6) is 0 Å². The van der Waals surface area contributed by atoms with E-state index in [2.05, 4.69) is 36.2 Å². The highest BCUT2D eigenvalue weighted by Gasteiger charge is 2.17. The van der Waals surface area contributed by atoms with Crippen molar-refractivity contribution in [3.63, 3.8) is 0 Å². The lowest BCUT2D eigenvalue weighted by Gasteiger charge is -2.18. The predicted octanol–water partition coefficient (Wildman–Crippen LogP) is 7.70. The Kier molecular flexibility index (Phi) is 3.50. The van der Waals surface area contributed by atoms with Crippen molar-refractivity contribution in [3.8, 4) is 11.3 Å². The van der Waals surface area contributed by atoms with Crippen molar-refractivity contribution in [1.82, 2.24) is 4.98 Å². The quantitative estimate of drug-likeness (QED) is 0.313. The zero-order valence-electron chi connectivity index (χ0n) is 19.2. The van der Waals surface area contributed by atoms with Crippen molar-refractivity contribution in [3.05, 3.63) is 78.0 Å². The first kappa shape index (κ1) is 15.8. The molecule has 0 bridgehead atoms. The summed E-state index contributed by atoms with van der Waals surface area (Å²) in [5.74, 6) is 0. The minimum atomic E-state index is -1.49. The fraction of sp³-hybridized carbons (Fsp3) is 0.222. The molecule has 0 spiro atoms. The van der Waals surface area contributed by atoms with E-state index in [-0.39, 0.29) is 0 Å². The smallest absolute Gasteiger partial charge is 0.144 e. The van der Waals surface area contributed by atoms with Gasteiger partial charge in [-0.15, -0.1) is 0 Å². The van der Waals surface area contributed by atoms with Gasteiger partial charge in [-0.1, -0.05) is 63.2 Å². The third kappa shape index (κ3) is 3.09. The summed E-state index contributed by atoms with van der Waals surface area (Å²) in [4.78, 5) is 4.58. The molecule has 0 aliphatic rings. The van der Waals surface area contributed by atoms with Crippen LogP contribution in [-0.2, 0) is 6.37 Å². The maximum Gasteiger partial charge on any atom is 0.144 e. The second kappa shape index (κ2) is 6.45. The zero-order valence-corrected chi connectivity index (χ0v) is 17.2. The van der Waals surface area contributed by atoms with Crippen LogP contribution in [-0.4, -0.2) is 4.98 Å². The summed E-state index contributed by atoms with van der Waals surface area (Å²) >= 11 is 0. The number of aromatic nitrogens is 1. The molecule has 5 aromatic rings. The van der Waals surface area contributed by atoms with Crippen molar-refractivity contribution in [2.24, 2.45) is 5.41 Å². The first-order valence-electron chi connectivity index (χ1n) is 11.0. The lowest BCUT2D eigenvalue weighted by atomic mass is 9.88. The molecular formula is C27H25NO. The number of hydrogen-bond acceptors (Lipinski definition) is 2. The molecule has 2 heterocycles. The highest BCUT2D eigenvalue weighted by molar-refractivity contribution is 6.18. The Bertz CT molecular complexity index is 1460. The van der Waals surface area contributed by atoms with Crippen LogP contribution in [0.25, 0.3) is 44.0 Å². The van der Waals surface area contributed by atoms with Crippen LogP contribution >= 0.6 is 0 Å². The Hall–Kier alpha value is -3.13. The molecule has 0 aliphatic carbocycles. The Morgan fingerprint density at radius 2 is 1.72 bits per heavy atom. The SMILES string of the molecule is [2H]C([2H])(c1ccnc(-c2cccc3c2oc2c4ccccc4cc(C)c32)c1)C(C)(C)C. The summed E-state index contributed by atoms with van der Waals surface area (Å²) in [5.41, 5.74) is 4.54. The van der Waals surface area contributed by atoms with E-state index in [1.165, 1.54) is 5.56 Å². The number of fused-ring (bicyclic) bond motifs is 5. The lowest BCUT2D eigenvalue weighted by molar-refractivity contribution is 0.411. The van der Waals surface area contributed by atoms with E-state index in [0.717, 1.165) is 44.0 Å². The minimum absolute atomic E-state index is 0.535. The van der Waals surface area contributed by atoms with Crippen LogP contribution < -0.4 is 0 Å². The summed E-state index contributed by atoms with van der Waals surface area (Å²) in [6.45, 7) is 7.87. The molecule has 0 N–H and O–H groups in total. The largest absolute Gasteiger partial charge is 0.455 e. The van der Waals surface area contributed by atoms with Gasteiger partial charge >= 0.3 is 0 Å². The number of pyridine rings is 1. The highest BCUT2D eigenvalue weighted by Crippen LogP contribution is 2.40. The van der Waals surface area contributed by atoms with Gasteiger partial charge in [0.1, 0.15) is 11.2 Å². The van der Waals surface area contributed by atoms with Gasteiger partial charge in [-0.2, -0.15) is 0 Å². The van der Waals surface area contributed by atoms with Gasteiger partial charge < -0.3 is 4.42 Å². The molecule has 0 fully saturated rings. The zero-order chi connectivity index (χ0) is 22.0. The van der Waals surface area contributed by atoms with Crippen molar-refractivity contribution >= 4 is 32.7 Å². The monoisotopic (exact) mass is 381 g/mol. The van der Waals surface area contributed by atoms with Crippen LogP contribution in [0.15, 0.2) is 71.3 Å². The molecule has 0 saturated heterocycles. The Labute approximate surface area is 174 Å². The number of para-hydroxylation sites is 1. The average Bonchev–Trinajstić information content (AvgIpc) is 3.14. The van der Waals surface area contributed by atoms with Gasteiger partial charge in [-0.3, -0.25) is 4.98 Å². The molecule has 2 heteroatoms. The van der Waals surface area contributed by atoms with E-state index >= 15 is 0 Å². The van der Waals surface area contributed by atoms with Gasteiger partial charge in [-0.05, 0) is 53.4 Å². The summed E-state index contributed by atoms with van der Waals surface area (Å²) in [6.07, 6.45) is 0.204. The van der Waals surface area contributed by atoms with Gasteiger partial charge in [-0.25, -0.2) is 0 Å². The maximum atomic E-state index is 8.66. The van der Waals surface area contributed by atoms with Gasteiger partial charge in [0, 0.05) is 30.7 Å². The third-order valence-electron chi connectivity index (χ3n) is 5.24. The van der Waals surface area contributed by atoms with Crippen molar-refractivity contribution in [2.75, 3.05) is 0 Å². The molecule has 0 aliphatic heterocycles. The Balaban J connectivity index is 1.79. The standard InChI is InChI=1S/C27H25NO/c1-17-14-19-8-5-6-9-20(19)26-24(17)22-11-7-10-21(25(22)29-26)23-15-18(12-13-28-23)16-27(2,3)4/h5-15H,16H2,1-4H3/i16D2. The van der Waals surface area contributed by atoms with Crippen LogP contribution in [0.3, 0.4) is 0 Å².